The normalized spacial score (nSPS) is 11.7. The number of rotatable bonds is 3. The SMILES string of the molecule is Cc1nc2c(Cl)cccc2nc1-c1ccc(-c2ccccc2)cc1S(C)(=O)=O. The second-order valence-electron chi connectivity index (χ2n) is 6.61. The molecule has 1 heterocycles. The van der Waals surface area contributed by atoms with Gasteiger partial charge in [-0.2, -0.15) is 0 Å². The standard InChI is InChI=1S/C22H17ClN2O2S/c1-14-21(25-19-10-6-9-18(23)22(19)24-14)17-12-11-16(13-20(17)28(2,26)27)15-7-4-3-5-8-15/h3-13H,1-2H3. The molecule has 3 aromatic carbocycles. The van der Waals surface area contributed by atoms with Gasteiger partial charge in [-0.1, -0.05) is 60.1 Å². The Bertz CT molecular complexity index is 1300. The van der Waals surface area contributed by atoms with Crippen LogP contribution in [0.5, 0.6) is 0 Å². The van der Waals surface area contributed by atoms with Gasteiger partial charge in [-0.05, 0) is 36.2 Å². The summed E-state index contributed by atoms with van der Waals surface area (Å²) in [6.07, 6.45) is 1.21. The minimum absolute atomic E-state index is 0.229. The van der Waals surface area contributed by atoms with Gasteiger partial charge in [-0.25, -0.2) is 18.4 Å². The lowest BCUT2D eigenvalue weighted by molar-refractivity contribution is 0.602. The molecule has 0 aliphatic heterocycles. The first-order valence-corrected chi connectivity index (χ1v) is 10.9. The van der Waals surface area contributed by atoms with Gasteiger partial charge in [0.15, 0.2) is 9.84 Å². The fraction of sp³-hybridized carbons (Fsp3) is 0.0909. The number of aryl methyl sites for hydroxylation is 1. The van der Waals surface area contributed by atoms with E-state index in [0.29, 0.717) is 33.0 Å². The highest BCUT2D eigenvalue weighted by Gasteiger charge is 2.20. The van der Waals surface area contributed by atoms with Crippen molar-refractivity contribution in [2.75, 3.05) is 6.26 Å². The molecule has 0 unspecified atom stereocenters. The first-order chi connectivity index (χ1) is 13.3. The van der Waals surface area contributed by atoms with Gasteiger partial charge in [0.2, 0.25) is 0 Å². The molecule has 28 heavy (non-hydrogen) atoms. The van der Waals surface area contributed by atoms with Gasteiger partial charge in [0, 0.05) is 11.8 Å². The van der Waals surface area contributed by atoms with Crippen LogP contribution in [0.2, 0.25) is 5.02 Å². The highest BCUT2D eigenvalue weighted by molar-refractivity contribution is 7.90. The predicted octanol–water partition coefficient (Wildman–Crippen LogP) is 5.33. The number of halogens is 1. The Labute approximate surface area is 168 Å². The number of aromatic nitrogens is 2. The Morgan fingerprint density at radius 2 is 1.61 bits per heavy atom. The zero-order chi connectivity index (χ0) is 19.9. The third kappa shape index (κ3) is 3.39. The van der Waals surface area contributed by atoms with E-state index in [0.717, 1.165) is 11.1 Å². The Kier molecular flexibility index (Phi) is 4.65. The summed E-state index contributed by atoms with van der Waals surface area (Å²) in [5, 5.41) is 0.516. The predicted molar refractivity (Wildman–Crippen MR) is 113 cm³/mol. The van der Waals surface area contributed by atoms with Gasteiger partial charge in [0.05, 0.1) is 26.8 Å². The molecule has 4 aromatic rings. The molecule has 4 nitrogen and oxygen atoms in total. The average molecular weight is 409 g/mol. The maximum Gasteiger partial charge on any atom is 0.176 e. The Hall–Kier alpha value is -2.76. The monoisotopic (exact) mass is 408 g/mol. The molecular formula is C22H17ClN2O2S. The molecule has 0 atom stereocenters. The molecule has 4 rings (SSSR count). The lowest BCUT2D eigenvalue weighted by Crippen LogP contribution is -2.03. The van der Waals surface area contributed by atoms with E-state index in [1.165, 1.54) is 6.26 Å². The maximum absolute atomic E-state index is 12.6. The van der Waals surface area contributed by atoms with Crippen molar-refractivity contribution in [3.05, 3.63) is 77.4 Å². The molecule has 0 aliphatic rings. The van der Waals surface area contributed by atoms with Crippen molar-refractivity contribution < 1.29 is 8.42 Å². The summed E-state index contributed by atoms with van der Waals surface area (Å²) >= 11 is 6.22. The van der Waals surface area contributed by atoms with E-state index >= 15 is 0 Å². The van der Waals surface area contributed by atoms with Crippen molar-refractivity contribution in [2.24, 2.45) is 0 Å². The Balaban J connectivity index is 1.98. The van der Waals surface area contributed by atoms with E-state index in [-0.39, 0.29) is 4.90 Å². The molecule has 0 N–H and O–H groups in total. The van der Waals surface area contributed by atoms with Crippen LogP contribution in [0.25, 0.3) is 33.4 Å². The molecule has 0 saturated heterocycles. The average Bonchev–Trinajstić information content (AvgIpc) is 2.68. The number of fused-ring (bicyclic) bond motifs is 1. The summed E-state index contributed by atoms with van der Waals surface area (Å²) in [6.45, 7) is 1.81. The summed E-state index contributed by atoms with van der Waals surface area (Å²) in [4.78, 5) is 9.47. The summed E-state index contributed by atoms with van der Waals surface area (Å²) in [6, 6.07) is 20.4. The summed E-state index contributed by atoms with van der Waals surface area (Å²) in [7, 11) is -3.48. The van der Waals surface area contributed by atoms with E-state index in [1.54, 1.807) is 24.3 Å². The van der Waals surface area contributed by atoms with Crippen LogP contribution in [0.1, 0.15) is 5.69 Å². The van der Waals surface area contributed by atoms with Crippen LogP contribution < -0.4 is 0 Å². The molecule has 0 amide bonds. The molecule has 0 saturated carbocycles. The summed E-state index contributed by atoms with van der Waals surface area (Å²) in [5.41, 5.74) is 4.71. The second-order valence-corrected chi connectivity index (χ2v) is 9.01. The van der Waals surface area contributed by atoms with E-state index in [9.17, 15) is 8.42 Å². The number of sulfone groups is 1. The lowest BCUT2D eigenvalue weighted by atomic mass is 10.0. The Morgan fingerprint density at radius 1 is 0.857 bits per heavy atom. The number of hydrogen-bond acceptors (Lipinski definition) is 4. The number of para-hydroxylation sites is 1. The van der Waals surface area contributed by atoms with Crippen molar-refractivity contribution in [3.63, 3.8) is 0 Å². The zero-order valence-electron chi connectivity index (χ0n) is 15.3. The maximum atomic E-state index is 12.6. The van der Waals surface area contributed by atoms with Gasteiger partial charge >= 0.3 is 0 Å². The quantitative estimate of drug-likeness (QED) is 0.459. The smallest absolute Gasteiger partial charge is 0.176 e. The highest BCUT2D eigenvalue weighted by Crippen LogP contribution is 2.33. The van der Waals surface area contributed by atoms with E-state index < -0.39 is 9.84 Å². The molecule has 140 valence electrons. The van der Waals surface area contributed by atoms with Gasteiger partial charge in [-0.3, -0.25) is 0 Å². The van der Waals surface area contributed by atoms with E-state index in [1.807, 2.05) is 49.4 Å². The van der Waals surface area contributed by atoms with Gasteiger partial charge in [0.1, 0.15) is 5.52 Å². The van der Waals surface area contributed by atoms with Gasteiger partial charge in [0.25, 0.3) is 0 Å². The van der Waals surface area contributed by atoms with Crippen LogP contribution >= 0.6 is 11.6 Å². The molecule has 6 heteroatoms. The van der Waals surface area contributed by atoms with Crippen molar-refractivity contribution >= 4 is 32.5 Å². The topological polar surface area (TPSA) is 59.9 Å². The third-order valence-corrected chi connectivity index (χ3v) is 6.00. The minimum Gasteiger partial charge on any atom is -0.248 e. The number of benzene rings is 3. The molecular weight excluding hydrogens is 392 g/mol. The van der Waals surface area contributed by atoms with Crippen LogP contribution in [0.3, 0.4) is 0 Å². The minimum atomic E-state index is -3.48. The summed E-state index contributed by atoms with van der Waals surface area (Å²) in [5.74, 6) is 0. The van der Waals surface area contributed by atoms with Crippen molar-refractivity contribution in [3.8, 4) is 22.4 Å². The van der Waals surface area contributed by atoms with Gasteiger partial charge < -0.3 is 0 Å². The lowest BCUT2D eigenvalue weighted by Gasteiger charge is -2.13. The molecule has 0 radical (unpaired) electrons. The van der Waals surface area contributed by atoms with E-state index in [2.05, 4.69) is 9.97 Å². The fourth-order valence-electron chi connectivity index (χ4n) is 3.22. The van der Waals surface area contributed by atoms with Crippen LogP contribution in [0, 0.1) is 6.92 Å². The molecule has 0 fully saturated rings. The van der Waals surface area contributed by atoms with Crippen LogP contribution in [-0.2, 0) is 9.84 Å². The first-order valence-electron chi connectivity index (χ1n) is 8.67. The highest BCUT2D eigenvalue weighted by atomic mass is 35.5. The number of hydrogen-bond donors (Lipinski definition) is 0. The van der Waals surface area contributed by atoms with Crippen LogP contribution in [-0.4, -0.2) is 24.6 Å². The van der Waals surface area contributed by atoms with Crippen molar-refractivity contribution in [1.29, 1.82) is 0 Å². The summed E-state index contributed by atoms with van der Waals surface area (Å²) < 4.78 is 25.1. The van der Waals surface area contributed by atoms with Crippen LogP contribution in [0.4, 0.5) is 0 Å². The largest absolute Gasteiger partial charge is 0.248 e. The first kappa shape index (κ1) is 18.6. The van der Waals surface area contributed by atoms with Crippen molar-refractivity contribution in [1.82, 2.24) is 9.97 Å². The van der Waals surface area contributed by atoms with E-state index in [4.69, 9.17) is 11.6 Å². The third-order valence-electron chi connectivity index (χ3n) is 4.56. The molecule has 0 bridgehead atoms. The fourth-order valence-corrected chi connectivity index (χ4v) is 4.33. The molecule has 1 aromatic heterocycles. The zero-order valence-corrected chi connectivity index (χ0v) is 16.9. The molecule has 0 aliphatic carbocycles. The van der Waals surface area contributed by atoms with Crippen molar-refractivity contribution in [2.45, 2.75) is 11.8 Å². The number of nitrogens with zero attached hydrogens (tertiary/aromatic N) is 2. The Morgan fingerprint density at radius 3 is 2.32 bits per heavy atom. The van der Waals surface area contributed by atoms with Crippen LogP contribution in [0.15, 0.2) is 71.6 Å². The van der Waals surface area contributed by atoms with Gasteiger partial charge in [-0.15, -0.1) is 0 Å². The molecule has 0 spiro atoms. The second kappa shape index (κ2) is 7.00.